The van der Waals surface area contributed by atoms with Crippen molar-refractivity contribution in [2.45, 2.75) is 0 Å². The number of halogens is 1. The van der Waals surface area contributed by atoms with Gasteiger partial charge in [0.15, 0.2) is 34.5 Å². The lowest BCUT2D eigenvalue weighted by atomic mass is 10.2. The van der Waals surface area contributed by atoms with Gasteiger partial charge < -0.3 is 58.8 Å². The Balaban J connectivity index is 0.000000189. The molecule has 0 bridgehead atoms. The van der Waals surface area contributed by atoms with Crippen LogP contribution in [0.4, 0.5) is 23.5 Å². The first kappa shape index (κ1) is 40.0. The maximum absolute atomic E-state index is 12.4. The summed E-state index contributed by atoms with van der Waals surface area (Å²) in [7, 11) is 6.28. The molecule has 300 valence electrons. The molecule has 19 heteroatoms. The first-order valence-electron chi connectivity index (χ1n) is 17.7. The van der Waals surface area contributed by atoms with Crippen LogP contribution in [0, 0.1) is 0 Å². The van der Waals surface area contributed by atoms with Gasteiger partial charge in [-0.1, -0.05) is 0 Å². The number of ether oxygens (including phenoxy) is 4. The number of nitrogens with zero attached hydrogens (tertiary/aromatic N) is 8. The summed E-state index contributed by atoms with van der Waals surface area (Å²) in [5.74, 6) is 4.57. The number of nitrogen functional groups attached to an aromatic ring is 2. The number of anilines is 4. The van der Waals surface area contributed by atoms with E-state index in [1.807, 2.05) is 9.80 Å². The first-order valence-corrected chi connectivity index (χ1v) is 17.7. The van der Waals surface area contributed by atoms with Gasteiger partial charge in [-0.25, -0.2) is 9.97 Å². The number of carbonyl (C=O) groups excluding carboxylic acids is 2. The number of benzene rings is 2. The average Bonchev–Trinajstić information content (AvgIpc) is 3.99. The summed E-state index contributed by atoms with van der Waals surface area (Å²) in [6.07, 6.45) is 3.00. The minimum absolute atomic E-state index is 0. The maximum Gasteiger partial charge on any atom is 0.289 e. The van der Waals surface area contributed by atoms with Crippen molar-refractivity contribution < 1.29 is 37.4 Å². The van der Waals surface area contributed by atoms with Gasteiger partial charge in [-0.2, -0.15) is 9.97 Å². The SMILES string of the molecule is COc1cc2nc(N3CCN(C(=O)c4ccco4)CC3)nc(N)c2cc1OC.COc1cc2nc(N3CCN(C(=O)c4ccco4)CC3)nc(N)c2cc1OC.Cl. The number of hydrogen-bond acceptors (Lipinski definition) is 16. The van der Waals surface area contributed by atoms with E-state index >= 15 is 0 Å². The number of piperazine rings is 2. The second-order valence-corrected chi connectivity index (χ2v) is 12.8. The fraction of sp³-hybridized carbons (Fsp3) is 0.316. The van der Waals surface area contributed by atoms with Gasteiger partial charge in [0, 0.05) is 75.3 Å². The summed E-state index contributed by atoms with van der Waals surface area (Å²) in [4.78, 5) is 50.5. The number of rotatable bonds is 8. The number of carbonyl (C=O) groups is 2. The van der Waals surface area contributed by atoms with Crippen molar-refractivity contribution >= 4 is 69.6 Å². The maximum atomic E-state index is 12.4. The average molecular weight is 803 g/mol. The van der Waals surface area contributed by atoms with Crippen molar-refractivity contribution in [1.29, 1.82) is 0 Å². The molecule has 57 heavy (non-hydrogen) atoms. The topological polar surface area (TPSA) is 214 Å². The lowest BCUT2D eigenvalue weighted by Crippen LogP contribution is -2.49. The smallest absolute Gasteiger partial charge is 0.289 e. The van der Waals surface area contributed by atoms with E-state index < -0.39 is 0 Å². The molecule has 6 aromatic rings. The fourth-order valence-electron chi connectivity index (χ4n) is 6.55. The van der Waals surface area contributed by atoms with E-state index in [1.54, 1.807) is 86.8 Å². The molecule has 2 fully saturated rings. The zero-order valence-electron chi connectivity index (χ0n) is 31.8. The molecule has 0 unspecified atom stereocenters. The second kappa shape index (κ2) is 17.4. The highest BCUT2D eigenvalue weighted by Gasteiger charge is 2.27. The molecular weight excluding hydrogens is 760 g/mol. The molecule has 0 radical (unpaired) electrons. The van der Waals surface area contributed by atoms with Crippen molar-refractivity contribution in [3.8, 4) is 23.0 Å². The van der Waals surface area contributed by atoms with Crippen molar-refractivity contribution in [1.82, 2.24) is 29.7 Å². The Morgan fingerprint density at radius 1 is 0.561 bits per heavy atom. The van der Waals surface area contributed by atoms with Crippen LogP contribution in [0.5, 0.6) is 23.0 Å². The molecule has 0 aliphatic carbocycles. The van der Waals surface area contributed by atoms with E-state index in [2.05, 4.69) is 19.9 Å². The van der Waals surface area contributed by atoms with E-state index in [4.69, 9.17) is 39.2 Å². The Morgan fingerprint density at radius 2 is 0.912 bits per heavy atom. The largest absolute Gasteiger partial charge is 0.493 e. The van der Waals surface area contributed by atoms with E-state index in [9.17, 15) is 9.59 Å². The molecule has 8 rings (SSSR count). The van der Waals surface area contributed by atoms with Gasteiger partial charge in [-0.05, 0) is 36.4 Å². The molecule has 2 aromatic carbocycles. The number of aromatic nitrogens is 4. The van der Waals surface area contributed by atoms with Crippen LogP contribution in [-0.4, -0.2) is 122 Å². The highest BCUT2D eigenvalue weighted by molar-refractivity contribution is 5.94. The van der Waals surface area contributed by atoms with Gasteiger partial charge in [-0.15, -0.1) is 12.4 Å². The number of furan rings is 2. The molecule has 2 amide bonds. The summed E-state index contributed by atoms with van der Waals surface area (Å²) in [6.45, 7) is 4.60. The second-order valence-electron chi connectivity index (χ2n) is 12.8. The van der Waals surface area contributed by atoms with Crippen LogP contribution in [0.25, 0.3) is 21.8 Å². The number of methoxy groups -OCH3 is 4. The van der Waals surface area contributed by atoms with E-state index in [0.29, 0.717) is 132 Å². The standard InChI is InChI=1S/2C19H21N5O4.ClH/c2*1-26-15-10-12-13(11-16(15)27-2)21-19(22-17(12)20)24-7-5-23(6-8-24)18(25)14-4-3-9-28-14;/h2*3-4,9-11H,5-8H2,1-2H3,(H2,20,21,22);1H. The summed E-state index contributed by atoms with van der Waals surface area (Å²) in [6, 6.07) is 13.9. The van der Waals surface area contributed by atoms with Gasteiger partial charge in [0.1, 0.15) is 11.6 Å². The lowest BCUT2D eigenvalue weighted by molar-refractivity contribution is 0.0707. The van der Waals surface area contributed by atoms with E-state index in [-0.39, 0.29) is 24.2 Å². The van der Waals surface area contributed by atoms with Crippen LogP contribution in [0.2, 0.25) is 0 Å². The van der Waals surface area contributed by atoms with Crippen LogP contribution in [-0.2, 0) is 0 Å². The Bertz CT molecular complexity index is 2170. The van der Waals surface area contributed by atoms with Crippen LogP contribution in [0.3, 0.4) is 0 Å². The fourth-order valence-corrected chi connectivity index (χ4v) is 6.55. The molecule has 0 atom stereocenters. The highest BCUT2D eigenvalue weighted by atomic mass is 35.5. The van der Waals surface area contributed by atoms with Crippen molar-refractivity contribution in [3.05, 3.63) is 72.6 Å². The van der Waals surface area contributed by atoms with E-state index in [1.165, 1.54) is 12.5 Å². The van der Waals surface area contributed by atoms with Crippen LogP contribution < -0.4 is 40.2 Å². The molecule has 0 spiro atoms. The molecule has 4 N–H and O–H groups in total. The molecule has 6 heterocycles. The minimum atomic E-state index is -0.111. The van der Waals surface area contributed by atoms with Crippen LogP contribution in [0.15, 0.2) is 69.9 Å². The molecule has 2 aliphatic rings. The molecule has 2 saturated heterocycles. The van der Waals surface area contributed by atoms with Crippen molar-refractivity contribution in [3.63, 3.8) is 0 Å². The summed E-state index contributed by atoms with van der Waals surface area (Å²) in [5.41, 5.74) is 13.7. The van der Waals surface area contributed by atoms with Crippen LogP contribution >= 0.6 is 12.4 Å². The Kier molecular flexibility index (Phi) is 12.2. The van der Waals surface area contributed by atoms with Crippen molar-refractivity contribution in [2.75, 3.05) is 102 Å². The third-order valence-electron chi connectivity index (χ3n) is 9.60. The number of fused-ring (bicyclic) bond motifs is 2. The number of nitrogens with two attached hydrogens (primary N) is 2. The van der Waals surface area contributed by atoms with Gasteiger partial charge in [-0.3, -0.25) is 9.59 Å². The van der Waals surface area contributed by atoms with Gasteiger partial charge >= 0.3 is 0 Å². The summed E-state index contributed by atoms with van der Waals surface area (Å²) >= 11 is 0. The summed E-state index contributed by atoms with van der Waals surface area (Å²) in [5, 5.41) is 1.40. The predicted octanol–water partition coefficient (Wildman–Crippen LogP) is 3.99. The monoisotopic (exact) mass is 802 g/mol. The quantitative estimate of drug-likeness (QED) is 0.223. The Morgan fingerprint density at radius 3 is 1.23 bits per heavy atom. The lowest BCUT2D eigenvalue weighted by Gasteiger charge is -2.34. The van der Waals surface area contributed by atoms with Gasteiger partial charge in [0.2, 0.25) is 11.9 Å². The van der Waals surface area contributed by atoms with Crippen LogP contribution in [0.1, 0.15) is 21.1 Å². The number of hydrogen-bond donors (Lipinski definition) is 2. The Labute approximate surface area is 333 Å². The minimum Gasteiger partial charge on any atom is -0.493 e. The summed E-state index contributed by atoms with van der Waals surface area (Å²) < 4.78 is 31.7. The molecular formula is C38H43ClN10O8. The third kappa shape index (κ3) is 8.30. The zero-order valence-corrected chi connectivity index (χ0v) is 32.7. The van der Waals surface area contributed by atoms with E-state index in [0.717, 1.165) is 0 Å². The normalized spacial score (nSPS) is 14.1. The molecule has 4 aromatic heterocycles. The highest BCUT2D eigenvalue weighted by Crippen LogP contribution is 2.35. The predicted molar refractivity (Wildman–Crippen MR) is 215 cm³/mol. The third-order valence-corrected chi connectivity index (χ3v) is 9.60. The molecule has 18 nitrogen and oxygen atoms in total. The molecule has 2 aliphatic heterocycles. The Hall–Kier alpha value is -6.69. The van der Waals surface area contributed by atoms with Gasteiger partial charge in [0.05, 0.1) is 52.0 Å². The number of amides is 2. The van der Waals surface area contributed by atoms with Gasteiger partial charge in [0.25, 0.3) is 11.8 Å². The zero-order chi connectivity index (χ0) is 39.3. The first-order chi connectivity index (χ1) is 27.2. The molecule has 0 saturated carbocycles. The van der Waals surface area contributed by atoms with Crippen molar-refractivity contribution in [2.24, 2.45) is 0 Å².